The molecular formula is C15H15N3O2Si. The highest BCUT2D eigenvalue weighted by Crippen LogP contribution is 2.17. The van der Waals surface area contributed by atoms with Gasteiger partial charge in [0.2, 0.25) is 5.91 Å². The first-order valence-electron chi connectivity index (χ1n) is 6.47. The van der Waals surface area contributed by atoms with Gasteiger partial charge >= 0.3 is 0 Å². The predicted molar refractivity (Wildman–Crippen MR) is 84.1 cm³/mol. The van der Waals surface area contributed by atoms with E-state index in [1.54, 1.807) is 12.1 Å². The number of carbonyl (C=O) groups excluding carboxylic acids is 1. The van der Waals surface area contributed by atoms with Gasteiger partial charge in [0.1, 0.15) is 5.75 Å². The maximum Gasteiger partial charge on any atom is 0.277 e. The Morgan fingerprint density at radius 3 is 2.38 bits per heavy atom. The second-order valence-electron chi connectivity index (χ2n) is 4.97. The van der Waals surface area contributed by atoms with Gasteiger partial charge in [-0.15, -0.1) is 0 Å². The molecule has 5 nitrogen and oxygen atoms in total. The van der Waals surface area contributed by atoms with Crippen molar-refractivity contribution < 1.29 is 9.22 Å². The third-order valence-electron chi connectivity index (χ3n) is 3.06. The number of rotatable bonds is 4. The van der Waals surface area contributed by atoms with Gasteiger partial charge in [-0.1, -0.05) is 42.5 Å². The van der Waals surface area contributed by atoms with Gasteiger partial charge in [0.05, 0.1) is 0 Å². The minimum absolute atomic E-state index is 0.405. The molecule has 0 atom stereocenters. The fourth-order valence-corrected chi connectivity index (χ4v) is 4.30. The largest absolute Gasteiger partial charge is 0.540 e. The molecule has 0 radical (unpaired) electrons. The van der Waals surface area contributed by atoms with E-state index in [-0.39, 0.29) is 0 Å². The van der Waals surface area contributed by atoms with Crippen molar-refractivity contribution in [2.45, 2.75) is 13.1 Å². The Morgan fingerprint density at radius 2 is 1.71 bits per heavy atom. The normalized spacial score (nSPS) is 10.6. The Labute approximate surface area is 123 Å². The summed E-state index contributed by atoms with van der Waals surface area (Å²) in [5.74, 6) is 0.186. The van der Waals surface area contributed by atoms with Crippen LogP contribution < -0.4 is 9.61 Å². The lowest BCUT2D eigenvalue weighted by molar-refractivity contribution is 0.100. The van der Waals surface area contributed by atoms with Crippen LogP contribution >= 0.6 is 0 Å². The molecule has 2 rings (SSSR count). The Hall–Kier alpha value is -2.56. The summed E-state index contributed by atoms with van der Waals surface area (Å²) in [6.45, 7) is 4.00. The standard InChI is InChI=1S/C15H15N3O2Si/c1-21(2,20-12-8-4-3-5-9-12)14-11-7-6-10-13(14)15(19)17-18-16/h3-11H,1-2H3. The molecule has 0 spiro atoms. The third kappa shape index (κ3) is 3.50. The van der Waals surface area contributed by atoms with Crippen LogP contribution in [0.5, 0.6) is 5.75 Å². The summed E-state index contributed by atoms with van der Waals surface area (Å²) in [5, 5.41) is 4.00. The zero-order chi connectivity index (χ0) is 15.3. The molecule has 0 saturated carbocycles. The highest BCUT2D eigenvalue weighted by atomic mass is 28.4. The average molecular weight is 297 g/mol. The number of azide groups is 1. The summed E-state index contributed by atoms with van der Waals surface area (Å²) >= 11 is 0. The van der Waals surface area contributed by atoms with Crippen LogP contribution in [0.2, 0.25) is 13.1 Å². The van der Waals surface area contributed by atoms with E-state index in [2.05, 4.69) is 10.0 Å². The van der Waals surface area contributed by atoms with E-state index in [9.17, 15) is 4.79 Å². The molecule has 2 aromatic rings. The summed E-state index contributed by atoms with van der Waals surface area (Å²) in [6.07, 6.45) is 0. The summed E-state index contributed by atoms with van der Waals surface area (Å²) in [7, 11) is -2.36. The summed E-state index contributed by atoms with van der Waals surface area (Å²) in [4.78, 5) is 14.5. The van der Waals surface area contributed by atoms with Crippen LogP contribution in [0.3, 0.4) is 0 Å². The van der Waals surface area contributed by atoms with Crippen LogP contribution in [0.4, 0.5) is 0 Å². The Morgan fingerprint density at radius 1 is 1.10 bits per heavy atom. The van der Waals surface area contributed by atoms with Crippen LogP contribution in [0.25, 0.3) is 10.4 Å². The topological polar surface area (TPSA) is 75.1 Å². The summed E-state index contributed by atoms with van der Waals surface area (Å²) < 4.78 is 6.11. The zero-order valence-electron chi connectivity index (χ0n) is 11.9. The number of nitrogens with zero attached hydrogens (tertiary/aromatic N) is 3. The van der Waals surface area contributed by atoms with E-state index >= 15 is 0 Å². The quantitative estimate of drug-likeness (QED) is 0.374. The first-order chi connectivity index (χ1) is 10.0. The van der Waals surface area contributed by atoms with Gasteiger partial charge in [0, 0.05) is 10.5 Å². The Balaban J connectivity index is 2.40. The van der Waals surface area contributed by atoms with Crippen molar-refractivity contribution in [2.75, 3.05) is 0 Å². The van der Waals surface area contributed by atoms with Crippen LogP contribution in [-0.4, -0.2) is 14.2 Å². The molecule has 21 heavy (non-hydrogen) atoms. The molecule has 0 aliphatic heterocycles. The van der Waals surface area contributed by atoms with Crippen LogP contribution in [0.1, 0.15) is 10.4 Å². The van der Waals surface area contributed by atoms with E-state index in [1.807, 2.05) is 55.6 Å². The second-order valence-corrected chi connectivity index (χ2v) is 8.73. The molecule has 0 fully saturated rings. The van der Waals surface area contributed by atoms with Crippen molar-refractivity contribution in [3.05, 3.63) is 70.6 Å². The van der Waals surface area contributed by atoms with E-state index < -0.39 is 14.2 Å². The smallest absolute Gasteiger partial charge is 0.277 e. The van der Waals surface area contributed by atoms with Gasteiger partial charge in [-0.2, -0.15) is 0 Å². The number of hydrogen-bond donors (Lipinski definition) is 0. The first kappa shape index (κ1) is 14.8. The van der Waals surface area contributed by atoms with Crippen molar-refractivity contribution >= 4 is 19.4 Å². The molecule has 0 N–H and O–H groups in total. The SMILES string of the molecule is C[Si](C)(Oc1ccccc1)c1ccccc1C(=O)N=[N+]=[N-]. The molecule has 0 heterocycles. The molecule has 0 aliphatic rings. The first-order valence-corrected chi connectivity index (χ1v) is 9.38. The highest BCUT2D eigenvalue weighted by molar-refractivity contribution is 6.85. The number of hydrogen-bond acceptors (Lipinski definition) is 2. The van der Waals surface area contributed by atoms with E-state index in [0.717, 1.165) is 10.9 Å². The monoisotopic (exact) mass is 297 g/mol. The average Bonchev–Trinajstić information content (AvgIpc) is 2.48. The van der Waals surface area contributed by atoms with Gasteiger partial charge in [0.15, 0.2) is 0 Å². The number of amides is 1. The van der Waals surface area contributed by atoms with Crippen molar-refractivity contribution in [1.29, 1.82) is 0 Å². The molecule has 0 aromatic heterocycles. The van der Waals surface area contributed by atoms with Gasteiger partial charge in [-0.3, -0.25) is 4.79 Å². The van der Waals surface area contributed by atoms with Crippen molar-refractivity contribution in [3.63, 3.8) is 0 Å². The lowest BCUT2D eigenvalue weighted by Gasteiger charge is -2.26. The number of para-hydroxylation sites is 1. The Kier molecular flexibility index (Phi) is 4.42. The number of carbonyl (C=O) groups is 1. The highest BCUT2D eigenvalue weighted by Gasteiger charge is 2.31. The molecule has 2 aromatic carbocycles. The van der Waals surface area contributed by atoms with Gasteiger partial charge in [0.25, 0.3) is 8.32 Å². The molecular weight excluding hydrogens is 282 g/mol. The van der Waals surface area contributed by atoms with Crippen molar-refractivity contribution in [1.82, 2.24) is 0 Å². The minimum Gasteiger partial charge on any atom is -0.540 e. The van der Waals surface area contributed by atoms with Crippen molar-refractivity contribution in [2.24, 2.45) is 5.11 Å². The fraction of sp³-hybridized carbons (Fsp3) is 0.133. The zero-order valence-corrected chi connectivity index (χ0v) is 12.9. The molecule has 0 unspecified atom stereocenters. The summed E-state index contributed by atoms with van der Waals surface area (Å²) in [5.41, 5.74) is 8.85. The van der Waals surface area contributed by atoms with E-state index in [0.29, 0.717) is 5.56 Å². The van der Waals surface area contributed by atoms with Gasteiger partial charge in [-0.25, -0.2) is 0 Å². The van der Waals surface area contributed by atoms with E-state index in [1.165, 1.54) is 0 Å². The van der Waals surface area contributed by atoms with Gasteiger partial charge < -0.3 is 4.43 Å². The van der Waals surface area contributed by atoms with Crippen molar-refractivity contribution in [3.8, 4) is 5.75 Å². The molecule has 0 saturated heterocycles. The molecule has 1 amide bonds. The maximum atomic E-state index is 11.9. The van der Waals surface area contributed by atoms with Gasteiger partial charge in [-0.05, 0) is 41.1 Å². The van der Waals surface area contributed by atoms with Crippen LogP contribution in [0.15, 0.2) is 59.7 Å². The lowest BCUT2D eigenvalue weighted by Crippen LogP contribution is -2.50. The molecule has 0 aliphatic carbocycles. The molecule has 0 bridgehead atoms. The minimum atomic E-state index is -2.36. The fourth-order valence-electron chi connectivity index (χ4n) is 2.13. The van der Waals surface area contributed by atoms with Crippen LogP contribution in [0, 0.1) is 0 Å². The number of benzene rings is 2. The molecule has 6 heteroatoms. The maximum absolute atomic E-state index is 11.9. The second kappa shape index (κ2) is 6.26. The predicted octanol–water partition coefficient (Wildman–Crippen LogP) is 3.63. The lowest BCUT2D eigenvalue weighted by atomic mass is 10.2. The summed E-state index contributed by atoms with van der Waals surface area (Å²) in [6, 6.07) is 16.6. The third-order valence-corrected chi connectivity index (χ3v) is 5.54. The van der Waals surface area contributed by atoms with E-state index in [4.69, 9.17) is 9.96 Å². The Bertz CT molecular complexity index is 695. The molecule has 106 valence electrons. The van der Waals surface area contributed by atoms with Crippen LogP contribution in [-0.2, 0) is 0 Å².